The molecule has 0 saturated carbocycles. The molecule has 0 aromatic carbocycles. The molecule has 1 fully saturated rings. The van der Waals surface area contributed by atoms with Gasteiger partial charge >= 0.3 is 0 Å². The van der Waals surface area contributed by atoms with Gasteiger partial charge in [0.25, 0.3) is 0 Å². The van der Waals surface area contributed by atoms with Gasteiger partial charge in [-0.05, 0) is 25.6 Å². The number of hydrogen-bond acceptors (Lipinski definition) is 5. The zero-order valence-corrected chi connectivity index (χ0v) is 11.6. The number of likely N-dealkylation sites (N-methyl/N-ethyl adjacent to an activating group) is 1. The number of pyridine rings is 1. The van der Waals surface area contributed by atoms with Crippen LogP contribution in [0.25, 0.3) is 0 Å². The number of anilines is 1. The summed E-state index contributed by atoms with van der Waals surface area (Å²) >= 11 is 5.09. The third-order valence-electron chi connectivity index (χ3n) is 3.17. The van der Waals surface area contributed by atoms with Gasteiger partial charge in [-0.25, -0.2) is 9.99 Å². The van der Waals surface area contributed by atoms with Crippen molar-refractivity contribution in [3.63, 3.8) is 0 Å². The molecule has 0 radical (unpaired) electrons. The average molecular weight is 265 g/mol. The largest absolute Gasteiger partial charge is 0.389 e. The van der Waals surface area contributed by atoms with Crippen molar-refractivity contribution in [3.05, 3.63) is 23.4 Å². The van der Waals surface area contributed by atoms with Gasteiger partial charge in [0.1, 0.15) is 4.99 Å². The van der Waals surface area contributed by atoms with Crippen molar-refractivity contribution in [2.75, 3.05) is 38.7 Å². The number of hydrogen-bond donors (Lipinski definition) is 2. The number of piperazine rings is 1. The summed E-state index contributed by atoms with van der Waals surface area (Å²) in [5.41, 5.74) is 11.0. The maximum Gasteiger partial charge on any atom is 0.150 e. The van der Waals surface area contributed by atoms with Gasteiger partial charge < -0.3 is 16.1 Å². The molecule has 1 saturated heterocycles. The van der Waals surface area contributed by atoms with Crippen molar-refractivity contribution in [1.82, 2.24) is 14.9 Å². The zero-order chi connectivity index (χ0) is 13.1. The summed E-state index contributed by atoms with van der Waals surface area (Å²) in [5.74, 6) is 0.757. The Labute approximate surface area is 113 Å². The highest BCUT2D eigenvalue weighted by molar-refractivity contribution is 7.80. The molecule has 98 valence electrons. The van der Waals surface area contributed by atoms with E-state index in [9.17, 15) is 0 Å². The topological polar surface area (TPSA) is 57.4 Å². The molecule has 0 atom stereocenters. The van der Waals surface area contributed by atoms with E-state index in [4.69, 9.17) is 18.0 Å². The van der Waals surface area contributed by atoms with Crippen molar-refractivity contribution >= 4 is 23.0 Å². The van der Waals surface area contributed by atoms with E-state index >= 15 is 0 Å². The highest BCUT2D eigenvalue weighted by Gasteiger charge is 2.16. The van der Waals surface area contributed by atoms with E-state index in [1.54, 1.807) is 6.20 Å². The molecule has 1 aliphatic heterocycles. The highest BCUT2D eigenvalue weighted by Crippen LogP contribution is 2.17. The van der Waals surface area contributed by atoms with Gasteiger partial charge in [-0.3, -0.25) is 0 Å². The Balaban J connectivity index is 2.14. The van der Waals surface area contributed by atoms with Crippen LogP contribution >= 0.6 is 12.2 Å². The van der Waals surface area contributed by atoms with Gasteiger partial charge in [-0.15, -0.1) is 0 Å². The van der Waals surface area contributed by atoms with Crippen molar-refractivity contribution in [2.24, 2.45) is 5.73 Å². The molecule has 0 unspecified atom stereocenters. The summed E-state index contributed by atoms with van der Waals surface area (Å²) in [6.07, 6.45) is 1.77. The number of aryl methyl sites for hydroxylation is 1. The third kappa shape index (κ3) is 2.95. The van der Waals surface area contributed by atoms with Crippen LogP contribution in [0.4, 0.5) is 5.82 Å². The van der Waals surface area contributed by atoms with E-state index in [-0.39, 0.29) is 0 Å². The van der Waals surface area contributed by atoms with Crippen LogP contribution in [0.1, 0.15) is 11.1 Å². The molecule has 0 bridgehead atoms. The molecular weight excluding hydrogens is 246 g/mol. The molecule has 0 amide bonds. The fourth-order valence-electron chi connectivity index (χ4n) is 2.02. The molecule has 0 spiro atoms. The number of aromatic nitrogens is 1. The summed E-state index contributed by atoms with van der Waals surface area (Å²) in [4.78, 5) is 7.03. The Kier molecular flexibility index (Phi) is 4.11. The SMILES string of the molecule is Cc1ccnc(NN2CCN(C)CC2)c1C(N)=S. The van der Waals surface area contributed by atoms with Gasteiger partial charge in [0.05, 0.1) is 5.56 Å². The lowest BCUT2D eigenvalue weighted by Crippen LogP contribution is -2.47. The van der Waals surface area contributed by atoms with Crippen LogP contribution in [0.5, 0.6) is 0 Å². The second-order valence-corrected chi connectivity index (χ2v) is 5.06. The van der Waals surface area contributed by atoms with Crippen molar-refractivity contribution in [2.45, 2.75) is 6.92 Å². The molecule has 3 N–H and O–H groups in total. The van der Waals surface area contributed by atoms with Crippen LogP contribution < -0.4 is 11.2 Å². The van der Waals surface area contributed by atoms with E-state index in [1.807, 2.05) is 13.0 Å². The van der Waals surface area contributed by atoms with Crippen LogP contribution in [-0.4, -0.2) is 53.1 Å². The van der Waals surface area contributed by atoms with E-state index in [2.05, 4.69) is 27.4 Å². The second kappa shape index (κ2) is 5.60. The minimum Gasteiger partial charge on any atom is -0.389 e. The molecule has 2 heterocycles. The fraction of sp³-hybridized carbons (Fsp3) is 0.500. The maximum atomic E-state index is 5.77. The van der Waals surface area contributed by atoms with E-state index in [0.29, 0.717) is 4.99 Å². The number of hydrazine groups is 1. The molecule has 6 heteroatoms. The van der Waals surface area contributed by atoms with Crippen LogP contribution in [0, 0.1) is 6.92 Å². The minimum atomic E-state index is 0.386. The lowest BCUT2D eigenvalue weighted by Gasteiger charge is -2.33. The van der Waals surface area contributed by atoms with Crippen LogP contribution in [-0.2, 0) is 0 Å². The van der Waals surface area contributed by atoms with Gasteiger partial charge in [-0.2, -0.15) is 0 Å². The molecule has 1 aliphatic rings. The lowest BCUT2D eigenvalue weighted by atomic mass is 10.1. The number of nitrogens with two attached hydrogens (primary N) is 1. The Morgan fingerprint density at radius 3 is 2.67 bits per heavy atom. The lowest BCUT2D eigenvalue weighted by molar-refractivity contribution is 0.178. The third-order valence-corrected chi connectivity index (χ3v) is 3.38. The highest BCUT2D eigenvalue weighted by atomic mass is 32.1. The zero-order valence-electron chi connectivity index (χ0n) is 10.8. The minimum absolute atomic E-state index is 0.386. The molecule has 18 heavy (non-hydrogen) atoms. The average Bonchev–Trinajstić information content (AvgIpc) is 2.32. The van der Waals surface area contributed by atoms with Crippen LogP contribution in [0.15, 0.2) is 12.3 Å². The first-order chi connectivity index (χ1) is 8.58. The number of thiocarbonyl (C=S) groups is 1. The number of rotatable bonds is 3. The predicted octanol–water partition coefficient (Wildman–Crippen LogP) is 0.599. The monoisotopic (exact) mass is 265 g/mol. The summed E-state index contributed by atoms with van der Waals surface area (Å²) in [6, 6.07) is 1.92. The van der Waals surface area contributed by atoms with Crippen LogP contribution in [0.2, 0.25) is 0 Å². The molecule has 1 aromatic rings. The normalized spacial score (nSPS) is 17.7. The Morgan fingerprint density at radius 2 is 2.06 bits per heavy atom. The molecule has 1 aromatic heterocycles. The summed E-state index contributed by atoms with van der Waals surface area (Å²) in [5, 5.41) is 2.16. The smallest absolute Gasteiger partial charge is 0.150 e. The van der Waals surface area contributed by atoms with E-state index in [1.165, 1.54) is 0 Å². The molecule has 5 nitrogen and oxygen atoms in total. The first-order valence-corrected chi connectivity index (χ1v) is 6.44. The fourth-order valence-corrected chi connectivity index (χ4v) is 2.28. The van der Waals surface area contributed by atoms with Crippen molar-refractivity contribution in [3.8, 4) is 0 Å². The number of nitrogens with one attached hydrogen (secondary N) is 1. The molecule has 0 aliphatic carbocycles. The van der Waals surface area contributed by atoms with E-state index in [0.717, 1.165) is 43.1 Å². The van der Waals surface area contributed by atoms with Crippen LogP contribution in [0.3, 0.4) is 0 Å². The summed E-state index contributed by atoms with van der Waals surface area (Å²) in [6.45, 7) is 6.00. The Bertz CT molecular complexity index is 440. The Morgan fingerprint density at radius 1 is 1.39 bits per heavy atom. The predicted molar refractivity (Wildman–Crippen MR) is 77.6 cm³/mol. The Hall–Kier alpha value is -1.24. The summed E-state index contributed by atoms with van der Waals surface area (Å²) in [7, 11) is 2.13. The molecule has 2 rings (SSSR count). The quantitative estimate of drug-likeness (QED) is 0.781. The first-order valence-electron chi connectivity index (χ1n) is 6.03. The standard InChI is InChI=1S/C12H19N5S/c1-9-3-4-14-12(10(9)11(13)18)15-17-7-5-16(2)6-8-17/h3-4H,5-8H2,1-2H3,(H2,13,18)(H,14,15). The first kappa shape index (κ1) is 13.2. The molecular formula is C12H19N5S. The summed E-state index contributed by atoms with van der Waals surface area (Å²) < 4.78 is 0. The van der Waals surface area contributed by atoms with Gasteiger partial charge in [0.2, 0.25) is 0 Å². The maximum absolute atomic E-state index is 5.77. The van der Waals surface area contributed by atoms with Gasteiger partial charge in [-0.1, -0.05) is 12.2 Å². The van der Waals surface area contributed by atoms with E-state index < -0.39 is 0 Å². The van der Waals surface area contributed by atoms with Gasteiger partial charge in [0.15, 0.2) is 5.82 Å². The van der Waals surface area contributed by atoms with Crippen molar-refractivity contribution < 1.29 is 0 Å². The van der Waals surface area contributed by atoms with Crippen molar-refractivity contribution in [1.29, 1.82) is 0 Å². The number of nitrogens with zero attached hydrogens (tertiary/aromatic N) is 3. The second-order valence-electron chi connectivity index (χ2n) is 4.62. The van der Waals surface area contributed by atoms with Gasteiger partial charge in [0, 0.05) is 32.4 Å².